The molecule has 19 heavy (non-hydrogen) atoms. The second-order valence-corrected chi connectivity index (χ2v) is 7.86. The van der Waals surface area contributed by atoms with E-state index in [4.69, 9.17) is 5.73 Å². The number of hydrogen-bond acceptors (Lipinski definition) is 3. The van der Waals surface area contributed by atoms with E-state index < -0.39 is 0 Å². The topological polar surface area (TPSA) is 32.5 Å². The number of fused-ring (bicyclic) bond motifs is 1. The first kappa shape index (κ1) is 15.3. The van der Waals surface area contributed by atoms with Crippen LogP contribution >= 0.6 is 0 Å². The van der Waals surface area contributed by atoms with Gasteiger partial charge in [-0.3, -0.25) is 9.80 Å². The fourth-order valence-electron chi connectivity index (χ4n) is 4.35. The summed E-state index contributed by atoms with van der Waals surface area (Å²) in [6.07, 6.45) is 4.17. The highest BCUT2D eigenvalue weighted by atomic mass is 15.3. The third-order valence-electron chi connectivity index (χ3n) is 4.98. The molecule has 4 unspecified atom stereocenters. The maximum Gasteiger partial charge on any atom is 0.0296 e. The molecule has 2 saturated heterocycles. The second kappa shape index (κ2) is 5.71. The second-order valence-electron chi connectivity index (χ2n) is 7.86. The molecule has 0 saturated carbocycles. The fraction of sp³-hybridized carbons (Fsp3) is 1.00. The monoisotopic (exact) mass is 267 g/mol. The lowest BCUT2D eigenvalue weighted by molar-refractivity contribution is -0.0405. The summed E-state index contributed by atoms with van der Waals surface area (Å²) in [6.45, 7) is 15.3. The quantitative estimate of drug-likeness (QED) is 0.833. The van der Waals surface area contributed by atoms with Gasteiger partial charge in [-0.15, -0.1) is 0 Å². The molecule has 2 fully saturated rings. The summed E-state index contributed by atoms with van der Waals surface area (Å²) in [6, 6.07) is 2.11. The van der Waals surface area contributed by atoms with Crippen molar-refractivity contribution in [1.82, 2.24) is 9.80 Å². The number of nitrogens with zero attached hydrogens (tertiary/aromatic N) is 2. The van der Waals surface area contributed by atoms with Crippen molar-refractivity contribution in [2.75, 3.05) is 19.6 Å². The van der Waals surface area contributed by atoms with Crippen molar-refractivity contribution in [3.8, 4) is 0 Å². The highest BCUT2D eigenvalue weighted by Crippen LogP contribution is 2.32. The van der Waals surface area contributed by atoms with Crippen molar-refractivity contribution in [3.63, 3.8) is 0 Å². The lowest BCUT2D eigenvalue weighted by Crippen LogP contribution is -2.66. The van der Waals surface area contributed by atoms with Crippen LogP contribution in [0.5, 0.6) is 0 Å². The maximum atomic E-state index is 6.33. The van der Waals surface area contributed by atoms with E-state index in [9.17, 15) is 0 Å². The Balaban J connectivity index is 2.13. The van der Waals surface area contributed by atoms with Crippen LogP contribution < -0.4 is 5.73 Å². The molecule has 0 aromatic carbocycles. The van der Waals surface area contributed by atoms with Gasteiger partial charge in [0, 0.05) is 37.3 Å². The number of nitrogens with two attached hydrogens (primary N) is 1. The van der Waals surface area contributed by atoms with Gasteiger partial charge in [0.25, 0.3) is 0 Å². The molecule has 0 aromatic rings. The largest absolute Gasteiger partial charge is 0.327 e. The molecule has 0 radical (unpaired) electrons. The number of rotatable bonds is 2. The fourth-order valence-corrected chi connectivity index (χ4v) is 4.35. The Morgan fingerprint density at radius 2 is 1.84 bits per heavy atom. The molecular formula is C16H33N3. The summed E-state index contributed by atoms with van der Waals surface area (Å²) in [4.78, 5) is 5.42. The Hall–Kier alpha value is -0.120. The first-order valence-corrected chi connectivity index (χ1v) is 8.06. The van der Waals surface area contributed by atoms with Gasteiger partial charge in [-0.2, -0.15) is 0 Å². The number of piperidine rings is 1. The van der Waals surface area contributed by atoms with Gasteiger partial charge in [-0.25, -0.2) is 0 Å². The number of hydrogen-bond donors (Lipinski definition) is 1. The average molecular weight is 267 g/mol. The molecule has 2 aliphatic rings. The molecule has 3 heteroatoms. The molecular weight excluding hydrogens is 234 g/mol. The maximum absolute atomic E-state index is 6.33. The predicted octanol–water partition coefficient (Wildman–Crippen LogP) is 2.31. The van der Waals surface area contributed by atoms with Gasteiger partial charge < -0.3 is 5.73 Å². The molecule has 0 bridgehead atoms. The van der Waals surface area contributed by atoms with Crippen LogP contribution in [-0.4, -0.2) is 53.6 Å². The Morgan fingerprint density at radius 1 is 1.16 bits per heavy atom. The van der Waals surface area contributed by atoms with Gasteiger partial charge in [0.2, 0.25) is 0 Å². The molecule has 0 spiro atoms. The Bertz CT molecular complexity index is 295. The van der Waals surface area contributed by atoms with Gasteiger partial charge in [0.05, 0.1) is 0 Å². The van der Waals surface area contributed by atoms with Crippen LogP contribution in [0.15, 0.2) is 0 Å². The molecule has 0 aromatic heterocycles. The van der Waals surface area contributed by atoms with Crippen LogP contribution in [0, 0.1) is 5.41 Å². The summed E-state index contributed by atoms with van der Waals surface area (Å²) in [7, 11) is 0. The third-order valence-corrected chi connectivity index (χ3v) is 4.98. The predicted molar refractivity (Wildman–Crippen MR) is 82.3 cm³/mol. The Labute approximate surface area is 119 Å². The Kier molecular flexibility index (Phi) is 4.59. The lowest BCUT2D eigenvalue weighted by atomic mass is 9.80. The minimum atomic E-state index is 0.234. The zero-order valence-corrected chi connectivity index (χ0v) is 13.5. The van der Waals surface area contributed by atoms with Crippen LogP contribution in [0.1, 0.15) is 53.9 Å². The van der Waals surface area contributed by atoms with Crippen molar-refractivity contribution in [2.24, 2.45) is 11.1 Å². The van der Waals surface area contributed by atoms with Gasteiger partial charge in [0.1, 0.15) is 0 Å². The van der Waals surface area contributed by atoms with Crippen LogP contribution in [0.25, 0.3) is 0 Å². The third kappa shape index (κ3) is 3.32. The van der Waals surface area contributed by atoms with E-state index in [2.05, 4.69) is 44.4 Å². The first-order valence-electron chi connectivity index (χ1n) is 8.06. The zero-order chi connectivity index (χ0) is 14.2. The van der Waals surface area contributed by atoms with Crippen molar-refractivity contribution in [1.29, 1.82) is 0 Å². The molecule has 3 nitrogen and oxygen atoms in total. The van der Waals surface area contributed by atoms with E-state index in [1.807, 2.05) is 0 Å². The first-order chi connectivity index (χ1) is 8.80. The number of piperazine rings is 1. The summed E-state index contributed by atoms with van der Waals surface area (Å²) in [5, 5.41) is 0. The highest BCUT2D eigenvalue weighted by Gasteiger charge is 2.41. The van der Waals surface area contributed by atoms with Crippen LogP contribution in [-0.2, 0) is 0 Å². The van der Waals surface area contributed by atoms with Crippen molar-refractivity contribution in [2.45, 2.75) is 78.0 Å². The molecule has 0 aliphatic carbocycles. The van der Waals surface area contributed by atoms with Crippen molar-refractivity contribution >= 4 is 0 Å². The molecule has 2 rings (SSSR count). The van der Waals surface area contributed by atoms with E-state index in [1.54, 1.807) is 0 Å². The van der Waals surface area contributed by atoms with E-state index in [1.165, 1.54) is 38.9 Å². The summed E-state index contributed by atoms with van der Waals surface area (Å²) in [5.74, 6) is 0. The highest BCUT2D eigenvalue weighted by molar-refractivity contribution is 4.97. The standard InChI is InChI=1S/C16H33N3/c1-12-10-18-9-7-6-8-14(18)11-19(12)15(13(2)17)16(3,4)5/h12-15H,6-11,17H2,1-5H3. The van der Waals surface area contributed by atoms with Gasteiger partial charge in [-0.05, 0) is 38.6 Å². The average Bonchev–Trinajstić information content (AvgIpc) is 2.27. The molecule has 0 amide bonds. The van der Waals surface area contributed by atoms with Crippen molar-refractivity contribution in [3.05, 3.63) is 0 Å². The van der Waals surface area contributed by atoms with Gasteiger partial charge in [-0.1, -0.05) is 27.2 Å². The van der Waals surface area contributed by atoms with Crippen LogP contribution in [0.4, 0.5) is 0 Å². The summed E-state index contributed by atoms with van der Waals surface area (Å²) < 4.78 is 0. The van der Waals surface area contributed by atoms with Crippen molar-refractivity contribution < 1.29 is 0 Å². The molecule has 4 atom stereocenters. The summed E-state index contributed by atoms with van der Waals surface area (Å²) >= 11 is 0. The molecule has 2 N–H and O–H groups in total. The Morgan fingerprint density at radius 3 is 2.42 bits per heavy atom. The minimum Gasteiger partial charge on any atom is -0.327 e. The van der Waals surface area contributed by atoms with Crippen LogP contribution in [0.3, 0.4) is 0 Å². The molecule has 112 valence electrons. The minimum absolute atomic E-state index is 0.234. The smallest absolute Gasteiger partial charge is 0.0296 e. The lowest BCUT2D eigenvalue weighted by Gasteiger charge is -2.53. The molecule has 2 aliphatic heterocycles. The van der Waals surface area contributed by atoms with Gasteiger partial charge >= 0.3 is 0 Å². The summed E-state index contributed by atoms with van der Waals surface area (Å²) in [5.41, 5.74) is 6.58. The van der Waals surface area contributed by atoms with E-state index in [0.29, 0.717) is 12.1 Å². The normalized spacial score (nSPS) is 33.8. The zero-order valence-electron chi connectivity index (χ0n) is 13.5. The van der Waals surface area contributed by atoms with E-state index >= 15 is 0 Å². The SMILES string of the molecule is CC(N)C(N1CC2CCCCN2CC1C)C(C)(C)C. The molecule has 2 heterocycles. The van der Waals surface area contributed by atoms with E-state index in [-0.39, 0.29) is 11.5 Å². The van der Waals surface area contributed by atoms with E-state index in [0.717, 1.165) is 6.04 Å². The van der Waals surface area contributed by atoms with Crippen LogP contribution in [0.2, 0.25) is 0 Å². The van der Waals surface area contributed by atoms with Gasteiger partial charge in [0.15, 0.2) is 0 Å².